The van der Waals surface area contributed by atoms with E-state index in [0.29, 0.717) is 12.3 Å². The second kappa shape index (κ2) is 6.40. The van der Waals surface area contributed by atoms with E-state index in [1.54, 1.807) is 0 Å². The van der Waals surface area contributed by atoms with E-state index in [4.69, 9.17) is 16.1 Å². The van der Waals surface area contributed by atoms with Crippen molar-refractivity contribution in [2.45, 2.75) is 38.8 Å². The zero-order valence-electron chi connectivity index (χ0n) is 12.4. The molecule has 0 spiro atoms. The molecular weight excluding hydrogens is 302 g/mol. The van der Waals surface area contributed by atoms with E-state index < -0.39 is 0 Å². The Labute approximate surface area is 134 Å². The normalized spacial score (nSPS) is 16.4. The minimum Gasteiger partial charge on any atom is -0.359 e. The highest BCUT2D eigenvalue weighted by molar-refractivity contribution is 6.30. The Bertz CT molecular complexity index is 684. The van der Waals surface area contributed by atoms with E-state index >= 15 is 0 Å². The summed E-state index contributed by atoms with van der Waals surface area (Å²) < 4.78 is 5.14. The molecule has 0 fully saturated rings. The number of nitrogens with one attached hydrogen (secondary N) is 2. The summed E-state index contributed by atoms with van der Waals surface area (Å²) in [5.41, 5.74) is 3.24. The van der Waals surface area contributed by atoms with Crippen LogP contribution in [-0.4, -0.2) is 11.2 Å². The number of hydrogen-bond donors (Lipinski definition) is 2. The van der Waals surface area contributed by atoms with Gasteiger partial charge in [-0.25, -0.2) is 4.79 Å². The van der Waals surface area contributed by atoms with Gasteiger partial charge in [0.1, 0.15) is 0 Å². The number of hydrogen-bond acceptors (Lipinski definition) is 3. The van der Waals surface area contributed by atoms with Gasteiger partial charge in [-0.3, -0.25) is 0 Å². The first kappa shape index (κ1) is 14.9. The fourth-order valence-corrected chi connectivity index (χ4v) is 2.91. The maximum absolute atomic E-state index is 12.0. The number of aromatic nitrogens is 1. The third-order valence-corrected chi connectivity index (χ3v) is 4.12. The molecule has 0 unspecified atom stereocenters. The van der Waals surface area contributed by atoms with Crippen LogP contribution in [0.25, 0.3) is 0 Å². The second-order valence-electron chi connectivity index (χ2n) is 5.40. The molecule has 1 aliphatic carbocycles. The van der Waals surface area contributed by atoms with Crippen LogP contribution < -0.4 is 10.6 Å². The van der Waals surface area contributed by atoms with Crippen molar-refractivity contribution in [2.75, 3.05) is 0 Å². The Morgan fingerprint density at radius 1 is 1.45 bits per heavy atom. The molecule has 0 aliphatic heterocycles. The van der Waals surface area contributed by atoms with E-state index in [-0.39, 0.29) is 12.1 Å². The summed E-state index contributed by atoms with van der Waals surface area (Å²) >= 11 is 5.99. The minimum atomic E-state index is -0.206. The molecule has 2 amide bonds. The zero-order chi connectivity index (χ0) is 15.5. The number of carbonyl (C=O) groups is 1. The van der Waals surface area contributed by atoms with E-state index in [9.17, 15) is 4.79 Å². The van der Waals surface area contributed by atoms with Gasteiger partial charge in [-0.1, -0.05) is 29.7 Å². The molecule has 6 heteroatoms. The van der Waals surface area contributed by atoms with Crippen molar-refractivity contribution in [3.63, 3.8) is 0 Å². The van der Waals surface area contributed by atoms with Gasteiger partial charge in [0.05, 0.1) is 18.3 Å². The maximum Gasteiger partial charge on any atom is 0.315 e. The fourth-order valence-electron chi connectivity index (χ4n) is 2.72. The Morgan fingerprint density at radius 3 is 3.09 bits per heavy atom. The van der Waals surface area contributed by atoms with Crippen LogP contribution in [0, 0.1) is 0 Å². The summed E-state index contributed by atoms with van der Waals surface area (Å²) in [5, 5.41) is 10.4. The Balaban J connectivity index is 1.55. The molecule has 0 saturated heterocycles. The van der Waals surface area contributed by atoms with Crippen molar-refractivity contribution in [3.8, 4) is 0 Å². The predicted octanol–water partition coefficient (Wildman–Crippen LogP) is 3.38. The summed E-state index contributed by atoms with van der Waals surface area (Å²) in [6, 6.07) is 7.50. The molecule has 0 saturated carbocycles. The van der Waals surface area contributed by atoms with E-state index in [0.717, 1.165) is 35.5 Å². The number of benzene rings is 1. The van der Waals surface area contributed by atoms with Gasteiger partial charge in [0.2, 0.25) is 0 Å². The van der Waals surface area contributed by atoms with Crippen molar-refractivity contribution in [2.24, 2.45) is 0 Å². The van der Waals surface area contributed by atoms with Crippen molar-refractivity contribution in [1.29, 1.82) is 0 Å². The number of halogens is 1. The molecule has 0 bridgehead atoms. The third-order valence-electron chi connectivity index (χ3n) is 3.88. The molecule has 1 aromatic heterocycles. The molecule has 1 atom stereocenters. The van der Waals surface area contributed by atoms with Crippen molar-refractivity contribution < 1.29 is 9.32 Å². The molecule has 1 aromatic carbocycles. The number of fused-ring (bicyclic) bond motifs is 1. The molecule has 22 heavy (non-hydrogen) atoms. The molecule has 2 N–H and O–H groups in total. The largest absolute Gasteiger partial charge is 0.359 e. The topological polar surface area (TPSA) is 67.2 Å². The van der Waals surface area contributed by atoms with Crippen molar-refractivity contribution >= 4 is 17.6 Å². The molecule has 1 heterocycles. The Hall–Kier alpha value is -2.01. The third kappa shape index (κ3) is 3.25. The lowest BCUT2D eigenvalue weighted by molar-refractivity contribution is 0.235. The molecule has 0 radical (unpaired) electrons. The number of carbonyl (C=O) groups excluding carboxylic acids is 1. The monoisotopic (exact) mass is 319 g/mol. The molecular formula is C16H18ClN3O2. The lowest BCUT2D eigenvalue weighted by Crippen LogP contribution is -2.36. The van der Waals surface area contributed by atoms with Gasteiger partial charge in [-0.15, -0.1) is 0 Å². The highest BCUT2D eigenvalue weighted by Crippen LogP contribution is 2.32. The lowest BCUT2D eigenvalue weighted by Gasteiger charge is -2.14. The summed E-state index contributed by atoms with van der Waals surface area (Å²) in [4.78, 5) is 12.0. The van der Waals surface area contributed by atoms with Crippen LogP contribution in [0.3, 0.4) is 0 Å². The summed E-state index contributed by atoms with van der Waals surface area (Å²) in [5.74, 6) is 0.658. The van der Waals surface area contributed by atoms with E-state index in [1.165, 1.54) is 5.56 Å². The molecule has 1 aliphatic rings. The Morgan fingerprint density at radius 2 is 2.32 bits per heavy atom. The first-order valence-electron chi connectivity index (χ1n) is 7.43. The fraction of sp³-hybridized carbons (Fsp3) is 0.375. The maximum atomic E-state index is 12.0. The van der Waals surface area contributed by atoms with Crippen LogP contribution in [0.4, 0.5) is 4.79 Å². The number of nitrogens with zero attached hydrogens (tertiary/aromatic N) is 1. The number of urea groups is 1. The number of aryl methyl sites for hydroxylation is 2. The van der Waals surface area contributed by atoms with Crippen LogP contribution in [0.1, 0.15) is 42.0 Å². The summed E-state index contributed by atoms with van der Waals surface area (Å²) in [6.45, 7) is 2.34. The summed E-state index contributed by atoms with van der Waals surface area (Å²) in [6.07, 6.45) is 2.64. The van der Waals surface area contributed by atoms with Crippen LogP contribution >= 0.6 is 11.6 Å². The van der Waals surface area contributed by atoms with Gasteiger partial charge >= 0.3 is 6.03 Å². The average Bonchev–Trinajstić information content (AvgIpc) is 3.12. The van der Waals surface area contributed by atoms with Crippen molar-refractivity contribution in [1.82, 2.24) is 15.8 Å². The van der Waals surface area contributed by atoms with Gasteiger partial charge in [-0.05, 0) is 42.5 Å². The van der Waals surface area contributed by atoms with Crippen molar-refractivity contribution in [3.05, 3.63) is 51.9 Å². The number of rotatable bonds is 4. The van der Waals surface area contributed by atoms with Gasteiger partial charge in [-0.2, -0.15) is 0 Å². The zero-order valence-corrected chi connectivity index (χ0v) is 13.1. The first-order chi connectivity index (χ1) is 10.7. The van der Waals surface area contributed by atoms with E-state index in [1.807, 2.05) is 31.2 Å². The van der Waals surface area contributed by atoms with Crippen LogP contribution in [0.15, 0.2) is 28.8 Å². The smallest absolute Gasteiger partial charge is 0.315 e. The van der Waals surface area contributed by atoms with Gasteiger partial charge < -0.3 is 15.2 Å². The average molecular weight is 320 g/mol. The standard InChI is InChI=1S/C16H18ClN3O2/c1-2-12-8-13(22-20-12)9-18-16(21)19-15-6-3-10-7-11(17)4-5-14(10)15/h4-5,7-8,15H,2-3,6,9H2,1H3,(H2,18,19,21)/t15-/m0/s1. The quantitative estimate of drug-likeness (QED) is 0.908. The van der Waals surface area contributed by atoms with E-state index in [2.05, 4.69) is 15.8 Å². The molecule has 3 rings (SSSR count). The Kier molecular flexibility index (Phi) is 4.34. The SMILES string of the molecule is CCc1cc(CNC(=O)N[C@H]2CCc3cc(Cl)ccc32)on1. The van der Waals surface area contributed by atoms with Crippen LogP contribution in [0.2, 0.25) is 5.02 Å². The van der Waals surface area contributed by atoms with Gasteiger partial charge in [0.25, 0.3) is 0 Å². The molecule has 2 aromatic rings. The minimum absolute atomic E-state index is 0.0354. The molecule has 116 valence electrons. The highest BCUT2D eigenvalue weighted by Gasteiger charge is 2.24. The second-order valence-corrected chi connectivity index (χ2v) is 5.84. The number of amides is 2. The van der Waals surface area contributed by atoms with Gasteiger partial charge in [0, 0.05) is 11.1 Å². The molecule has 5 nitrogen and oxygen atoms in total. The van der Waals surface area contributed by atoms with Crippen LogP contribution in [0.5, 0.6) is 0 Å². The van der Waals surface area contributed by atoms with Gasteiger partial charge in [0.15, 0.2) is 5.76 Å². The predicted molar refractivity (Wildman–Crippen MR) is 83.8 cm³/mol. The van der Waals surface area contributed by atoms with Crippen LogP contribution in [-0.2, 0) is 19.4 Å². The summed E-state index contributed by atoms with van der Waals surface area (Å²) in [7, 11) is 0. The highest BCUT2D eigenvalue weighted by atomic mass is 35.5. The lowest BCUT2D eigenvalue weighted by atomic mass is 10.1. The first-order valence-corrected chi connectivity index (χ1v) is 7.80.